The third-order valence-electron chi connectivity index (χ3n) is 7.71. The fourth-order valence-corrected chi connectivity index (χ4v) is 6.25. The van der Waals surface area contributed by atoms with Gasteiger partial charge in [-0.3, -0.25) is 14.4 Å². The van der Waals surface area contributed by atoms with Crippen LogP contribution in [0.2, 0.25) is 0 Å². The van der Waals surface area contributed by atoms with Gasteiger partial charge in [-0.2, -0.15) is 0 Å². The fraction of sp³-hybridized carbons (Fsp3) is 0.343. The van der Waals surface area contributed by atoms with Crippen LogP contribution in [0.3, 0.4) is 0 Å². The van der Waals surface area contributed by atoms with Crippen molar-refractivity contribution in [1.29, 1.82) is 0 Å². The zero-order valence-electron chi connectivity index (χ0n) is 26.0. The number of urea groups is 1. The van der Waals surface area contributed by atoms with Crippen molar-refractivity contribution in [3.8, 4) is 0 Å². The number of nitrogens with one attached hydrogen (secondary N) is 3. The molecule has 1 fully saturated rings. The van der Waals surface area contributed by atoms with Gasteiger partial charge in [0.1, 0.15) is 6.04 Å². The van der Waals surface area contributed by atoms with E-state index in [0.717, 1.165) is 5.56 Å². The summed E-state index contributed by atoms with van der Waals surface area (Å²) in [6, 6.07) is 22.0. The molecule has 240 valence electrons. The molecule has 10 nitrogen and oxygen atoms in total. The Kier molecular flexibility index (Phi) is 11.1. The van der Waals surface area contributed by atoms with Crippen molar-refractivity contribution >= 4 is 50.9 Å². The molecular weight excluding hydrogens is 602 g/mol. The van der Waals surface area contributed by atoms with Crippen LogP contribution in [0, 0.1) is 5.92 Å². The summed E-state index contributed by atoms with van der Waals surface area (Å²) in [5, 5.41) is 8.96. The van der Waals surface area contributed by atoms with Crippen LogP contribution < -0.4 is 16.0 Å². The van der Waals surface area contributed by atoms with E-state index in [1.54, 1.807) is 23.1 Å². The Morgan fingerprint density at radius 1 is 0.891 bits per heavy atom. The second kappa shape index (κ2) is 15.6. The first-order valence-corrected chi connectivity index (χ1v) is 16.4. The Labute approximate surface area is 272 Å². The Hall–Kier alpha value is -4.61. The lowest BCUT2D eigenvalue weighted by Gasteiger charge is -2.30. The van der Waals surface area contributed by atoms with Crippen LogP contribution >= 0.6 is 11.3 Å². The van der Waals surface area contributed by atoms with Crippen LogP contribution in [0.5, 0.6) is 0 Å². The molecule has 0 spiro atoms. The fourth-order valence-electron chi connectivity index (χ4n) is 5.25. The van der Waals surface area contributed by atoms with Crippen molar-refractivity contribution in [3.63, 3.8) is 0 Å². The summed E-state index contributed by atoms with van der Waals surface area (Å²) in [4.78, 5) is 59.8. The first-order valence-electron chi connectivity index (χ1n) is 15.6. The molecule has 1 aliphatic heterocycles. The van der Waals surface area contributed by atoms with Gasteiger partial charge in [-0.15, -0.1) is 11.3 Å². The number of hydrogen-bond donors (Lipinski definition) is 3. The van der Waals surface area contributed by atoms with Gasteiger partial charge in [0.25, 0.3) is 5.91 Å². The van der Waals surface area contributed by atoms with E-state index in [4.69, 9.17) is 4.74 Å². The maximum atomic E-state index is 14.0. The van der Waals surface area contributed by atoms with Crippen molar-refractivity contribution in [3.05, 3.63) is 95.0 Å². The van der Waals surface area contributed by atoms with Crippen molar-refractivity contribution in [2.24, 2.45) is 5.92 Å². The molecule has 4 amide bonds. The topological polar surface area (TPSA) is 130 Å². The van der Waals surface area contributed by atoms with Gasteiger partial charge in [0.15, 0.2) is 5.01 Å². The van der Waals surface area contributed by atoms with Gasteiger partial charge >= 0.3 is 6.03 Å². The summed E-state index contributed by atoms with van der Waals surface area (Å²) >= 11 is 1.19. The Morgan fingerprint density at radius 2 is 1.59 bits per heavy atom. The molecule has 1 aliphatic rings. The van der Waals surface area contributed by atoms with Crippen LogP contribution in [-0.2, 0) is 16.0 Å². The number of fused-ring (bicyclic) bond motifs is 1. The van der Waals surface area contributed by atoms with E-state index < -0.39 is 18.0 Å². The van der Waals surface area contributed by atoms with Crippen LogP contribution in [0.4, 0.5) is 10.5 Å². The van der Waals surface area contributed by atoms with Crippen LogP contribution in [0.25, 0.3) is 10.2 Å². The molecule has 0 bridgehead atoms. The molecule has 0 radical (unpaired) electrons. The number of Topliss-reactive ketones (excluding diaryl/α,β-unsaturated/α-hetero) is 1. The number of morpholine rings is 1. The Morgan fingerprint density at radius 3 is 2.28 bits per heavy atom. The number of aryl methyl sites for hydroxylation is 1. The number of carbonyl (C=O) groups excluding carboxylic acids is 4. The van der Waals surface area contributed by atoms with Gasteiger partial charge in [0.2, 0.25) is 11.7 Å². The lowest BCUT2D eigenvalue weighted by molar-refractivity contribution is -0.123. The van der Waals surface area contributed by atoms with Gasteiger partial charge in [0, 0.05) is 24.3 Å². The molecule has 1 aromatic heterocycles. The zero-order chi connectivity index (χ0) is 32.5. The number of amides is 4. The van der Waals surface area contributed by atoms with E-state index in [9.17, 15) is 19.2 Å². The Bertz CT molecular complexity index is 1650. The normalized spacial score (nSPS) is 14.5. The van der Waals surface area contributed by atoms with Crippen LogP contribution in [0.15, 0.2) is 78.9 Å². The van der Waals surface area contributed by atoms with Crippen molar-refractivity contribution in [2.45, 2.75) is 45.2 Å². The summed E-state index contributed by atoms with van der Waals surface area (Å²) in [6.45, 7) is 5.77. The number of ketones is 1. The second-order valence-corrected chi connectivity index (χ2v) is 12.7. The van der Waals surface area contributed by atoms with Crippen molar-refractivity contribution < 1.29 is 23.9 Å². The van der Waals surface area contributed by atoms with E-state index >= 15 is 0 Å². The van der Waals surface area contributed by atoms with E-state index in [0.29, 0.717) is 67.0 Å². The second-order valence-electron chi connectivity index (χ2n) is 11.7. The zero-order valence-corrected chi connectivity index (χ0v) is 26.8. The third kappa shape index (κ3) is 8.76. The molecule has 1 saturated heterocycles. The summed E-state index contributed by atoms with van der Waals surface area (Å²) in [5.41, 5.74) is 2.75. The molecule has 3 N–H and O–H groups in total. The molecule has 2 atom stereocenters. The molecule has 11 heteroatoms. The van der Waals surface area contributed by atoms with E-state index in [1.807, 2.05) is 74.5 Å². The van der Waals surface area contributed by atoms with E-state index in [1.165, 1.54) is 11.3 Å². The first kappa shape index (κ1) is 32.8. The van der Waals surface area contributed by atoms with E-state index in [-0.39, 0.29) is 28.6 Å². The SMILES string of the molecule is CC(C)CC(NC(=O)N1CCOCC1)C(=O)NC(CCc1ccccc1)C(=O)c1nc2ccc(C(=O)Nc3ccccc3)cc2s1. The number of hydrogen-bond acceptors (Lipinski definition) is 7. The average molecular weight is 642 g/mol. The molecule has 3 aromatic carbocycles. The molecule has 2 unspecified atom stereocenters. The lowest BCUT2D eigenvalue weighted by atomic mass is 9.99. The van der Waals surface area contributed by atoms with Gasteiger partial charge < -0.3 is 25.6 Å². The molecule has 0 saturated carbocycles. The van der Waals surface area contributed by atoms with Gasteiger partial charge in [-0.25, -0.2) is 9.78 Å². The van der Waals surface area contributed by atoms with Crippen LogP contribution in [0.1, 0.15) is 52.4 Å². The smallest absolute Gasteiger partial charge is 0.318 e. The molecule has 4 aromatic rings. The minimum Gasteiger partial charge on any atom is -0.378 e. The number of aromatic nitrogens is 1. The monoisotopic (exact) mass is 641 g/mol. The van der Waals surface area contributed by atoms with Crippen LogP contribution in [-0.4, -0.2) is 71.9 Å². The highest BCUT2D eigenvalue weighted by atomic mass is 32.1. The summed E-state index contributed by atoms with van der Waals surface area (Å²) < 4.78 is 6.04. The standard InChI is InChI=1S/C35H39N5O5S/c1-23(2)21-29(39-35(44)40-17-19-45-20-18-40)33(43)37-28(15-13-24-9-5-3-6-10-24)31(41)34-38-27-16-14-25(22-30(27)46-34)32(42)36-26-11-7-4-8-12-26/h3-12,14,16,22-23,28-29H,13,15,17-21H2,1-2H3,(H,36,42)(H,37,43)(H,39,44). The number of anilines is 1. The highest BCUT2D eigenvalue weighted by Crippen LogP contribution is 2.26. The molecule has 0 aliphatic carbocycles. The molecule has 5 rings (SSSR count). The number of thiazole rings is 1. The first-order chi connectivity index (χ1) is 22.3. The molecule has 46 heavy (non-hydrogen) atoms. The third-order valence-corrected chi connectivity index (χ3v) is 8.74. The Balaban J connectivity index is 1.35. The highest BCUT2D eigenvalue weighted by molar-refractivity contribution is 7.20. The largest absolute Gasteiger partial charge is 0.378 e. The number of rotatable bonds is 12. The lowest BCUT2D eigenvalue weighted by Crippen LogP contribution is -2.56. The number of nitrogens with zero attached hydrogens (tertiary/aromatic N) is 2. The minimum absolute atomic E-state index is 0.122. The van der Waals surface area contributed by atoms with Gasteiger partial charge in [0.05, 0.1) is 29.5 Å². The summed E-state index contributed by atoms with van der Waals surface area (Å²) in [6.07, 6.45) is 1.32. The maximum Gasteiger partial charge on any atom is 0.318 e. The molecular formula is C35H39N5O5S. The predicted octanol–water partition coefficient (Wildman–Crippen LogP) is 5.31. The number of benzene rings is 3. The van der Waals surface area contributed by atoms with Gasteiger partial charge in [-0.1, -0.05) is 62.4 Å². The van der Waals surface area contributed by atoms with Gasteiger partial charge in [-0.05, 0) is 61.1 Å². The molecule has 2 heterocycles. The number of carbonyl (C=O) groups is 4. The average Bonchev–Trinajstić information content (AvgIpc) is 3.51. The van der Waals surface area contributed by atoms with E-state index in [2.05, 4.69) is 20.9 Å². The van der Waals surface area contributed by atoms with Crippen molar-refractivity contribution in [2.75, 3.05) is 31.6 Å². The predicted molar refractivity (Wildman–Crippen MR) is 179 cm³/mol. The number of para-hydroxylation sites is 1. The highest BCUT2D eigenvalue weighted by Gasteiger charge is 2.31. The number of ether oxygens (including phenoxy) is 1. The minimum atomic E-state index is -0.871. The maximum absolute atomic E-state index is 14.0. The summed E-state index contributed by atoms with van der Waals surface area (Å²) in [7, 11) is 0. The quantitative estimate of drug-likeness (QED) is 0.180. The van der Waals surface area contributed by atoms with Crippen molar-refractivity contribution in [1.82, 2.24) is 20.5 Å². The summed E-state index contributed by atoms with van der Waals surface area (Å²) in [5.74, 6) is -0.874.